The van der Waals surface area contributed by atoms with Gasteiger partial charge in [-0.3, -0.25) is 9.59 Å². The summed E-state index contributed by atoms with van der Waals surface area (Å²) in [5, 5.41) is 23.0. The largest absolute Gasteiger partial charge is 0.466 e. The molecule has 6 heteroatoms. The fourth-order valence-corrected chi connectivity index (χ4v) is 7.44. The molecule has 6 nitrogen and oxygen atoms in total. The van der Waals surface area contributed by atoms with E-state index >= 15 is 0 Å². The van der Waals surface area contributed by atoms with Gasteiger partial charge in [0.05, 0.1) is 25.4 Å². The van der Waals surface area contributed by atoms with Crippen molar-refractivity contribution in [3.05, 3.63) is 36.5 Å². The molecule has 0 aromatic rings. The number of amides is 1. The van der Waals surface area contributed by atoms with Gasteiger partial charge in [-0.25, -0.2) is 0 Å². The molecule has 0 saturated heterocycles. The van der Waals surface area contributed by atoms with Crippen molar-refractivity contribution in [2.45, 2.75) is 270 Å². The number of carbonyl (C=O) groups excluding carboxylic acids is 2. The molecular weight excluding hydrogens is 719 g/mol. The third-order valence-electron chi connectivity index (χ3n) is 11.4. The monoisotopic (exact) mass is 816 g/mol. The molecule has 0 rings (SSSR count). The molecule has 0 aliphatic rings. The van der Waals surface area contributed by atoms with Gasteiger partial charge in [0.1, 0.15) is 0 Å². The molecule has 0 spiro atoms. The Morgan fingerprint density at radius 2 is 0.810 bits per heavy atom. The molecule has 2 unspecified atom stereocenters. The zero-order chi connectivity index (χ0) is 42.3. The lowest BCUT2D eigenvalue weighted by Gasteiger charge is -2.20. The first kappa shape index (κ1) is 56.1. The molecule has 0 fully saturated rings. The van der Waals surface area contributed by atoms with E-state index < -0.39 is 12.1 Å². The minimum Gasteiger partial charge on any atom is -0.466 e. The smallest absolute Gasteiger partial charge is 0.305 e. The van der Waals surface area contributed by atoms with Crippen LogP contribution in [0, 0.1) is 0 Å². The minimum absolute atomic E-state index is 0.0368. The summed E-state index contributed by atoms with van der Waals surface area (Å²) in [5.74, 6) is -0.136. The first-order valence-corrected chi connectivity index (χ1v) is 25.3. The Bertz CT molecular complexity index is 946. The average Bonchev–Trinajstić information content (AvgIpc) is 3.22. The minimum atomic E-state index is -0.862. The van der Waals surface area contributed by atoms with Crippen LogP contribution in [0.15, 0.2) is 36.5 Å². The van der Waals surface area contributed by atoms with Gasteiger partial charge in [0.25, 0.3) is 0 Å². The number of rotatable bonds is 46. The normalized spacial score (nSPS) is 13.0. The number of hydrogen-bond acceptors (Lipinski definition) is 5. The third-order valence-corrected chi connectivity index (χ3v) is 11.4. The number of nitrogens with one attached hydrogen (secondary N) is 1. The second kappa shape index (κ2) is 47.8. The Balaban J connectivity index is 3.53. The van der Waals surface area contributed by atoms with E-state index in [2.05, 4.69) is 43.5 Å². The van der Waals surface area contributed by atoms with Crippen molar-refractivity contribution in [3.8, 4) is 0 Å². The van der Waals surface area contributed by atoms with Crippen LogP contribution >= 0.6 is 0 Å². The summed E-state index contributed by atoms with van der Waals surface area (Å²) in [6.07, 6.45) is 57.2. The van der Waals surface area contributed by atoms with Crippen LogP contribution in [0.4, 0.5) is 0 Å². The first-order chi connectivity index (χ1) is 28.5. The van der Waals surface area contributed by atoms with Gasteiger partial charge >= 0.3 is 5.97 Å². The first-order valence-electron chi connectivity index (χ1n) is 25.3. The highest BCUT2D eigenvalue weighted by Crippen LogP contribution is 2.14. The number of aliphatic hydroxyl groups is 2. The van der Waals surface area contributed by atoms with Gasteiger partial charge in [-0.15, -0.1) is 0 Å². The van der Waals surface area contributed by atoms with E-state index in [1.807, 2.05) is 6.08 Å². The van der Waals surface area contributed by atoms with Crippen molar-refractivity contribution in [1.29, 1.82) is 0 Å². The highest BCUT2D eigenvalue weighted by molar-refractivity contribution is 5.76. The standard InChI is InChI=1S/C52H97NO5/c1-3-5-7-9-11-13-15-17-18-19-20-21-22-26-30-34-38-42-46-52(57)58-47-43-39-35-31-27-23-25-29-33-37-41-45-51(56)53-49(48-54)50(55)44-40-36-32-28-24-16-14-12-10-8-6-4-2/h18-19,27,31,40,44,49-50,54-55H,3-17,20-26,28-30,32-39,41-43,45-48H2,1-2H3,(H,53,56)/b19-18-,31-27-,44-40+. The Morgan fingerprint density at radius 3 is 1.22 bits per heavy atom. The van der Waals surface area contributed by atoms with E-state index in [9.17, 15) is 19.8 Å². The van der Waals surface area contributed by atoms with Crippen LogP contribution in [-0.4, -0.2) is 47.4 Å². The van der Waals surface area contributed by atoms with E-state index in [-0.39, 0.29) is 18.5 Å². The summed E-state index contributed by atoms with van der Waals surface area (Å²) in [4.78, 5) is 24.4. The topological polar surface area (TPSA) is 95.9 Å². The SMILES string of the molecule is CCCCCCCCC/C=C\CCCCCCCCCC(=O)OCCCC/C=C\CCCCCCCC(=O)NC(CO)C(O)/C=C/CCCCCCCCCCCC. The molecule has 340 valence electrons. The van der Waals surface area contributed by atoms with Gasteiger partial charge < -0.3 is 20.3 Å². The van der Waals surface area contributed by atoms with E-state index in [1.165, 1.54) is 148 Å². The van der Waals surface area contributed by atoms with Crippen LogP contribution in [0.3, 0.4) is 0 Å². The third kappa shape index (κ3) is 43.7. The van der Waals surface area contributed by atoms with Crippen LogP contribution in [0.2, 0.25) is 0 Å². The Labute approximate surface area is 360 Å². The average molecular weight is 816 g/mol. The number of carbonyl (C=O) groups is 2. The Morgan fingerprint density at radius 1 is 0.466 bits per heavy atom. The predicted octanol–water partition coefficient (Wildman–Crippen LogP) is 14.9. The summed E-state index contributed by atoms with van der Waals surface area (Å²) >= 11 is 0. The van der Waals surface area contributed by atoms with E-state index in [0.717, 1.165) is 83.5 Å². The van der Waals surface area contributed by atoms with Crippen LogP contribution < -0.4 is 5.32 Å². The van der Waals surface area contributed by atoms with Crippen molar-refractivity contribution in [3.63, 3.8) is 0 Å². The predicted molar refractivity (Wildman–Crippen MR) is 250 cm³/mol. The summed E-state index contributed by atoms with van der Waals surface area (Å²) in [6, 6.07) is -0.648. The van der Waals surface area contributed by atoms with Gasteiger partial charge in [-0.05, 0) is 83.5 Å². The van der Waals surface area contributed by atoms with Crippen LogP contribution in [0.1, 0.15) is 258 Å². The molecule has 0 aromatic carbocycles. The zero-order valence-corrected chi connectivity index (χ0v) is 38.5. The maximum Gasteiger partial charge on any atom is 0.305 e. The van der Waals surface area contributed by atoms with Gasteiger partial charge in [0.15, 0.2) is 0 Å². The number of hydrogen-bond donors (Lipinski definition) is 3. The molecule has 0 aliphatic heterocycles. The molecule has 0 heterocycles. The van der Waals surface area contributed by atoms with Crippen LogP contribution in [0.25, 0.3) is 0 Å². The van der Waals surface area contributed by atoms with Crippen molar-refractivity contribution >= 4 is 11.9 Å². The van der Waals surface area contributed by atoms with Crippen LogP contribution in [-0.2, 0) is 14.3 Å². The molecular formula is C52H97NO5. The molecule has 0 aliphatic carbocycles. The fraction of sp³-hybridized carbons (Fsp3) is 0.846. The number of allylic oxidation sites excluding steroid dienone is 5. The van der Waals surface area contributed by atoms with Gasteiger partial charge in [-0.2, -0.15) is 0 Å². The van der Waals surface area contributed by atoms with E-state index in [0.29, 0.717) is 19.4 Å². The molecule has 2 atom stereocenters. The second-order valence-corrected chi connectivity index (χ2v) is 17.1. The van der Waals surface area contributed by atoms with Gasteiger partial charge in [0, 0.05) is 12.8 Å². The molecule has 0 bridgehead atoms. The Kier molecular flexibility index (Phi) is 46.2. The number of esters is 1. The van der Waals surface area contributed by atoms with E-state index in [4.69, 9.17) is 4.74 Å². The number of aliphatic hydroxyl groups excluding tert-OH is 2. The highest BCUT2D eigenvalue weighted by Gasteiger charge is 2.18. The van der Waals surface area contributed by atoms with E-state index in [1.54, 1.807) is 6.08 Å². The second-order valence-electron chi connectivity index (χ2n) is 17.1. The lowest BCUT2D eigenvalue weighted by Crippen LogP contribution is -2.45. The lowest BCUT2D eigenvalue weighted by atomic mass is 10.1. The molecule has 58 heavy (non-hydrogen) atoms. The molecule has 1 amide bonds. The maximum absolute atomic E-state index is 12.4. The summed E-state index contributed by atoms with van der Waals surface area (Å²) in [6.45, 7) is 4.80. The van der Waals surface area contributed by atoms with Crippen LogP contribution in [0.5, 0.6) is 0 Å². The van der Waals surface area contributed by atoms with Crippen molar-refractivity contribution < 1.29 is 24.5 Å². The number of unbranched alkanes of at least 4 members (excludes halogenated alkanes) is 31. The van der Waals surface area contributed by atoms with Gasteiger partial charge in [0.2, 0.25) is 5.91 Å². The maximum atomic E-state index is 12.4. The van der Waals surface area contributed by atoms with Crippen molar-refractivity contribution in [2.75, 3.05) is 13.2 Å². The highest BCUT2D eigenvalue weighted by atomic mass is 16.5. The molecule has 0 aromatic heterocycles. The molecule has 3 N–H and O–H groups in total. The van der Waals surface area contributed by atoms with Crippen molar-refractivity contribution in [2.24, 2.45) is 0 Å². The summed E-state index contributed by atoms with van der Waals surface area (Å²) in [5.41, 5.74) is 0. The lowest BCUT2D eigenvalue weighted by molar-refractivity contribution is -0.143. The summed E-state index contributed by atoms with van der Waals surface area (Å²) < 4.78 is 5.44. The fourth-order valence-electron chi connectivity index (χ4n) is 7.44. The van der Waals surface area contributed by atoms with Crippen molar-refractivity contribution in [1.82, 2.24) is 5.32 Å². The molecule has 0 radical (unpaired) electrons. The van der Waals surface area contributed by atoms with Gasteiger partial charge in [-0.1, -0.05) is 198 Å². The number of ether oxygens (including phenoxy) is 1. The molecule has 0 saturated carbocycles. The zero-order valence-electron chi connectivity index (χ0n) is 38.5. The Hall–Kier alpha value is -1.92. The summed E-state index contributed by atoms with van der Waals surface area (Å²) in [7, 11) is 0. The quantitative estimate of drug-likeness (QED) is 0.0323.